The summed E-state index contributed by atoms with van der Waals surface area (Å²) in [4.78, 5) is 16.7. The zero-order valence-electron chi connectivity index (χ0n) is 13.0. The standard InChI is InChI=1S/C16H30N2O2/c1-2-20-14-13-17-9-11-18(12-10-17)16(19)8-7-15-5-3-4-6-15/h15H,2-14H2,1H3. The highest BCUT2D eigenvalue weighted by atomic mass is 16.5. The van der Waals surface area contributed by atoms with E-state index >= 15 is 0 Å². The summed E-state index contributed by atoms with van der Waals surface area (Å²) >= 11 is 0. The molecule has 0 aromatic carbocycles. The molecule has 116 valence electrons. The molecule has 0 aromatic rings. The number of carbonyl (C=O) groups excluding carboxylic acids is 1. The van der Waals surface area contributed by atoms with Crippen LogP contribution in [0.25, 0.3) is 0 Å². The number of carbonyl (C=O) groups is 1. The summed E-state index contributed by atoms with van der Waals surface area (Å²) in [6, 6.07) is 0. The molecule has 0 spiro atoms. The average Bonchev–Trinajstić information content (AvgIpc) is 2.99. The van der Waals surface area contributed by atoms with Crippen molar-refractivity contribution >= 4 is 5.91 Å². The van der Waals surface area contributed by atoms with E-state index in [1.807, 2.05) is 6.92 Å². The van der Waals surface area contributed by atoms with Crippen LogP contribution in [0.4, 0.5) is 0 Å². The molecule has 0 unspecified atom stereocenters. The van der Waals surface area contributed by atoms with E-state index in [-0.39, 0.29) is 0 Å². The lowest BCUT2D eigenvalue weighted by Gasteiger charge is -2.34. The molecule has 0 N–H and O–H groups in total. The third-order valence-electron chi connectivity index (χ3n) is 4.72. The normalized spacial score (nSPS) is 21.6. The quantitative estimate of drug-likeness (QED) is 0.671. The molecule has 1 heterocycles. The zero-order chi connectivity index (χ0) is 14.2. The summed E-state index contributed by atoms with van der Waals surface area (Å²) in [5, 5.41) is 0. The number of nitrogens with zero attached hydrogens (tertiary/aromatic N) is 2. The van der Waals surface area contributed by atoms with Gasteiger partial charge in [-0.2, -0.15) is 0 Å². The van der Waals surface area contributed by atoms with Gasteiger partial charge in [-0.1, -0.05) is 25.7 Å². The summed E-state index contributed by atoms with van der Waals surface area (Å²) in [6.07, 6.45) is 7.32. The first-order valence-electron chi connectivity index (χ1n) is 8.37. The second-order valence-corrected chi connectivity index (χ2v) is 6.11. The molecule has 0 aromatic heterocycles. The summed E-state index contributed by atoms with van der Waals surface area (Å²) < 4.78 is 5.38. The Bertz CT molecular complexity index is 282. The Kier molecular flexibility index (Phi) is 6.80. The first-order chi connectivity index (χ1) is 9.79. The zero-order valence-corrected chi connectivity index (χ0v) is 13.0. The molecule has 1 aliphatic carbocycles. The van der Waals surface area contributed by atoms with Crippen LogP contribution in [0.15, 0.2) is 0 Å². The van der Waals surface area contributed by atoms with Crippen LogP contribution in [0, 0.1) is 5.92 Å². The molecular formula is C16H30N2O2. The lowest BCUT2D eigenvalue weighted by molar-refractivity contribution is -0.133. The van der Waals surface area contributed by atoms with Gasteiger partial charge in [0.15, 0.2) is 0 Å². The molecule has 1 amide bonds. The maximum Gasteiger partial charge on any atom is 0.222 e. The van der Waals surface area contributed by atoms with Gasteiger partial charge in [0.1, 0.15) is 0 Å². The number of hydrogen-bond acceptors (Lipinski definition) is 3. The fraction of sp³-hybridized carbons (Fsp3) is 0.938. The van der Waals surface area contributed by atoms with E-state index in [2.05, 4.69) is 9.80 Å². The second kappa shape index (κ2) is 8.63. The lowest BCUT2D eigenvalue weighted by Crippen LogP contribution is -2.49. The Labute approximate surface area is 123 Å². The van der Waals surface area contributed by atoms with Crippen LogP contribution in [0.2, 0.25) is 0 Å². The number of piperazine rings is 1. The van der Waals surface area contributed by atoms with Crippen molar-refractivity contribution in [2.75, 3.05) is 45.9 Å². The summed E-state index contributed by atoms with van der Waals surface area (Å²) in [6.45, 7) is 8.43. The Balaban J connectivity index is 1.58. The van der Waals surface area contributed by atoms with E-state index < -0.39 is 0 Å². The highest BCUT2D eigenvalue weighted by molar-refractivity contribution is 5.76. The third kappa shape index (κ3) is 5.06. The van der Waals surface area contributed by atoms with Gasteiger partial charge in [-0.25, -0.2) is 0 Å². The number of hydrogen-bond donors (Lipinski definition) is 0. The van der Waals surface area contributed by atoms with Crippen LogP contribution in [-0.2, 0) is 9.53 Å². The van der Waals surface area contributed by atoms with Gasteiger partial charge in [-0.3, -0.25) is 9.69 Å². The molecule has 2 fully saturated rings. The van der Waals surface area contributed by atoms with Crippen LogP contribution in [-0.4, -0.2) is 61.6 Å². The van der Waals surface area contributed by atoms with E-state index in [0.717, 1.165) is 64.7 Å². The third-order valence-corrected chi connectivity index (χ3v) is 4.72. The van der Waals surface area contributed by atoms with Crippen molar-refractivity contribution < 1.29 is 9.53 Å². The minimum atomic E-state index is 0.376. The topological polar surface area (TPSA) is 32.8 Å². The Morgan fingerprint density at radius 3 is 2.50 bits per heavy atom. The van der Waals surface area contributed by atoms with Crippen LogP contribution in [0.5, 0.6) is 0 Å². The van der Waals surface area contributed by atoms with E-state index in [0.29, 0.717) is 5.91 Å². The fourth-order valence-corrected chi connectivity index (χ4v) is 3.34. The number of amides is 1. The molecule has 20 heavy (non-hydrogen) atoms. The maximum absolute atomic E-state index is 12.2. The van der Waals surface area contributed by atoms with Crippen molar-refractivity contribution in [1.82, 2.24) is 9.80 Å². The summed E-state index contributed by atoms with van der Waals surface area (Å²) in [7, 11) is 0. The monoisotopic (exact) mass is 282 g/mol. The SMILES string of the molecule is CCOCCN1CCN(C(=O)CCC2CCCC2)CC1. The van der Waals surface area contributed by atoms with E-state index in [9.17, 15) is 4.79 Å². The molecule has 1 saturated carbocycles. The maximum atomic E-state index is 12.2. The van der Waals surface area contributed by atoms with Crippen LogP contribution < -0.4 is 0 Å². The fourth-order valence-electron chi connectivity index (χ4n) is 3.34. The van der Waals surface area contributed by atoms with Crippen LogP contribution in [0.3, 0.4) is 0 Å². The van der Waals surface area contributed by atoms with Crippen molar-refractivity contribution in [3.8, 4) is 0 Å². The largest absolute Gasteiger partial charge is 0.380 e. The second-order valence-electron chi connectivity index (χ2n) is 6.11. The predicted molar refractivity (Wildman–Crippen MR) is 80.7 cm³/mol. The lowest BCUT2D eigenvalue weighted by atomic mass is 10.0. The molecule has 2 aliphatic rings. The first-order valence-corrected chi connectivity index (χ1v) is 8.37. The smallest absolute Gasteiger partial charge is 0.222 e. The van der Waals surface area contributed by atoms with Gasteiger partial charge in [0, 0.05) is 45.8 Å². The Morgan fingerprint density at radius 2 is 1.85 bits per heavy atom. The minimum absolute atomic E-state index is 0.376. The van der Waals surface area contributed by atoms with Gasteiger partial charge in [0.2, 0.25) is 5.91 Å². The van der Waals surface area contributed by atoms with E-state index in [1.54, 1.807) is 0 Å². The van der Waals surface area contributed by atoms with Gasteiger partial charge in [-0.15, -0.1) is 0 Å². The van der Waals surface area contributed by atoms with Gasteiger partial charge >= 0.3 is 0 Å². The van der Waals surface area contributed by atoms with Crippen molar-refractivity contribution in [3.63, 3.8) is 0 Å². The van der Waals surface area contributed by atoms with E-state index in [1.165, 1.54) is 25.7 Å². The van der Waals surface area contributed by atoms with Crippen LogP contribution in [0.1, 0.15) is 45.4 Å². The summed E-state index contributed by atoms with van der Waals surface area (Å²) in [5.41, 5.74) is 0. The Hall–Kier alpha value is -0.610. The molecular weight excluding hydrogens is 252 g/mol. The molecule has 0 atom stereocenters. The number of rotatable bonds is 7. The van der Waals surface area contributed by atoms with Crippen molar-refractivity contribution in [2.45, 2.75) is 45.4 Å². The highest BCUT2D eigenvalue weighted by Gasteiger charge is 2.22. The first kappa shape index (κ1) is 15.8. The van der Waals surface area contributed by atoms with Crippen LogP contribution >= 0.6 is 0 Å². The van der Waals surface area contributed by atoms with Crippen molar-refractivity contribution in [2.24, 2.45) is 5.92 Å². The Morgan fingerprint density at radius 1 is 1.15 bits per heavy atom. The summed E-state index contributed by atoms with van der Waals surface area (Å²) in [5.74, 6) is 1.20. The molecule has 0 radical (unpaired) electrons. The van der Waals surface area contributed by atoms with E-state index in [4.69, 9.17) is 4.74 Å². The predicted octanol–water partition coefficient (Wildman–Crippen LogP) is 2.14. The highest BCUT2D eigenvalue weighted by Crippen LogP contribution is 2.28. The van der Waals surface area contributed by atoms with Gasteiger partial charge in [0.05, 0.1) is 6.61 Å². The molecule has 4 nitrogen and oxygen atoms in total. The molecule has 2 rings (SSSR count). The molecule has 1 saturated heterocycles. The van der Waals surface area contributed by atoms with Gasteiger partial charge in [0.25, 0.3) is 0 Å². The minimum Gasteiger partial charge on any atom is -0.380 e. The molecule has 4 heteroatoms. The molecule has 0 bridgehead atoms. The van der Waals surface area contributed by atoms with Gasteiger partial charge < -0.3 is 9.64 Å². The van der Waals surface area contributed by atoms with Crippen molar-refractivity contribution in [3.05, 3.63) is 0 Å². The average molecular weight is 282 g/mol. The number of ether oxygens (including phenoxy) is 1. The van der Waals surface area contributed by atoms with Gasteiger partial charge in [-0.05, 0) is 19.3 Å². The molecule has 1 aliphatic heterocycles. The van der Waals surface area contributed by atoms with Crippen molar-refractivity contribution in [1.29, 1.82) is 0 Å².